The van der Waals surface area contributed by atoms with E-state index < -0.39 is 11.6 Å². The molecule has 0 aliphatic heterocycles. The molecule has 3 aromatic rings. The summed E-state index contributed by atoms with van der Waals surface area (Å²) in [5.41, 5.74) is 2.76. The van der Waals surface area contributed by atoms with Crippen molar-refractivity contribution in [3.8, 4) is 0 Å². The molecule has 0 saturated heterocycles. The van der Waals surface area contributed by atoms with Crippen molar-refractivity contribution >= 4 is 22.4 Å². The number of aryl methyl sites for hydroxylation is 2. The molecule has 0 amide bonds. The second kappa shape index (κ2) is 9.74. The molecule has 2 N–H and O–H groups in total. The molecule has 2 atom stereocenters. The smallest absolute Gasteiger partial charge is 0.332 e. The zero-order valence-corrected chi connectivity index (χ0v) is 20.0. The number of aliphatic hydroxyl groups is 1. The molecule has 0 aliphatic rings. The molecule has 0 aliphatic carbocycles. The maximum Gasteiger partial charge on any atom is 0.332 e. The van der Waals surface area contributed by atoms with Gasteiger partial charge in [0.15, 0.2) is 0 Å². The van der Waals surface area contributed by atoms with Gasteiger partial charge in [-0.2, -0.15) is 0 Å². The van der Waals surface area contributed by atoms with Crippen LogP contribution in [-0.4, -0.2) is 22.7 Å². The Morgan fingerprint density at radius 1 is 0.938 bits per heavy atom. The lowest BCUT2D eigenvalue weighted by atomic mass is 9.79. The monoisotopic (exact) mass is 433 g/mol. The van der Waals surface area contributed by atoms with Crippen molar-refractivity contribution in [2.24, 2.45) is 5.92 Å². The highest BCUT2D eigenvalue weighted by atomic mass is 16.5. The minimum atomic E-state index is -1.09. The lowest BCUT2D eigenvalue weighted by molar-refractivity contribution is -0.156. The van der Waals surface area contributed by atoms with Crippen LogP contribution in [0.3, 0.4) is 0 Å². The van der Waals surface area contributed by atoms with E-state index >= 15 is 0 Å². The quantitative estimate of drug-likeness (QED) is 0.407. The lowest BCUT2D eigenvalue weighted by Gasteiger charge is -2.39. The van der Waals surface area contributed by atoms with Gasteiger partial charge in [0.25, 0.3) is 0 Å². The molecule has 3 rings (SSSR count). The highest BCUT2D eigenvalue weighted by molar-refractivity contribution is 5.86. The largest absolute Gasteiger partial charge is 0.461 e. The Hall–Kier alpha value is -2.85. The molecule has 0 fully saturated rings. The number of rotatable bonds is 8. The van der Waals surface area contributed by atoms with Crippen LogP contribution in [0, 0.1) is 19.8 Å². The number of hydrogen-bond donors (Lipinski definition) is 2. The molecule has 170 valence electrons. The molecule has 1 unspecified atom stereocenters. The first kappa shape index (κ1) is 23.8. The highest BCUT2D eigenvalue weighted by Crippen LogP contribution is 2.36. The summed E-state index contributed by atoms with van der Waals surface area (Å²) in [5, 5.41) is 16.9. The Morgan fingerprint density at radius 2 is 1.56 bits per heavy atom. The number of esters is 1. The van der Waals surface area contributed by atoms with Gasteiger partial charge in [0, 0.05) is 12.1 Å². The van der Waals surface area contributed by atoms with E-state index in [0.717, 1.165) is 33.2 Å². The molecular formula is C28H35NO3. The summed E-state index contributed by atoms with van der Waals surface area (Å²) in [6.07, 6.45) is -0.888. The van der Waals surface area contributed by atoms with Crippen LogP contribution in [0.15, 0.2) is 60.7 Å². The van der Waals surface area contributed by atoms with E-state index in [1.165, 1.54) is 0 Å². The zero-order chi connectivity index (χ0) is 23.5. The first-order chi connectivity index (χ1) is 15.1. The summed E-state index contributed by atoms with van der Waals surface area (Å²) in [6, 6.07) is 20.1. The maximum atomic E-state index is 13.5. The molecule has 32 heavy (non-hydrogen) atoms. The van der Waals surface area contributed by atoms with Crippen LogP contribution in [0.4, 0.5) is 5.69 Å². The van der Waals surface area contributed by atoms with E-state index in [4.69, 9.17) is 4.74 Å². The van der Waals surface area contributed by atoms with E-state index in [9.17, 15) is 9.90 Å². The van der Waals surface area contributed by atoms with Crippen molar-refractivity contribution in [1.82, 2.24) is 0 Å². The standard InChI is InChI=1S/C28H35NO3/c1-18(2)28(27(31)32-19(3)4,29-25-14-20(5)13-21(6)15-25)17-26(30)24-12-11-22-9-7-8-10-23(22)16-24/h7-16,18-19,26,29-30H,17H2,1-6H3/t26-,28?/m1/s1. The normalized spacial score (nSPS) is 14.4. The molecule has 0 heterocycles. The molecule has 0 spiro atoms. The van der Waals surface area contributed by atoms with Gasteiger partial charge in [0.05, 0.1) is 12.2 Å². The van der Waals surface area contributed by atoms with Gasteiger partial charge >= 0.3 is 5.97 Å². The molecule has 0 radical (unpaired) electrons. The SMILES string of the molecule is Cc1cc(C)cc(NC(C[C@@H](O)c2ccc3ccccc3c2)(C(=O)OC(C)C)C(C)C)c1. The molecule has 4 nitrogen and oxygen atoms in total. The number of carbonyl (C=O) groups excluding carboxylic acids is 1. The number of anilines is 1. The van der Waals surface area contributed by atoms with Crippen LogP contribution in [0.1, 0.15) is 56.9 Å². The Morgan fingerprint density at radius 3 is 2.16 bits per heavy atom. The number of nitrogens with one attached hydrogen (secondary N) is 1. The van der Waals surface area contributed by atoms with Crippen LogP contribution in [0.25, 0.3) is 10.8 Å². The van der Waals surface area contributed by atoms with Gasteiger partial charge in [-0.3, -0.25) is 0 Å². The number of benzene rings is 3. The van der Waals surface area contributed by atoms with Gasteiger partial charge < -0.3 is 15.2 Å². The number of carbonyl (C=O) groups is 1. The Bertz CT molecular complexity index is 1070. The van der Waals surface area contributed by atoms with Gasteiger partial charge in [-0.1, -0.05) is 56.3 Å². The fourth-order valence-electron chi connectivity index (χ4n) is 4.26. The third-order valence-electron chi connectivity index (χ3n) is 5.96. The zero-order valence-electron chi connectivity index (χ0n) is 20.0. The Labute approximate surface area is 191 Å². The van der Waals surface area contributed by atoms with Gasteiger partial charge in [-0.25, -0.2) is 4.79 Å². The summed E-state index contributed by atoms with van der Waals surface area (Å²) in [7, 11) is 0. The van der Waals surface area contributed by atoms with Crippen molar-refractivity contribution in [2.75, 3.05) is 5.32 Å². The summed E-state index contributed by atoms with van der Waals surface area (Å²) < 4.78 is 5.70. The van der Waals surface area contributed by atoms with Crippen molar-refractivity contribution in [3.63, 3.8) is 0 Å². The number of fused-ring (bicyclic) bond motifs is 1. The predicted octanol–water partition coefficient (Wildman–Crippen LogP) is 6.34. The number of ether oxygens (including phenoxy) is 1. The van der Waals surface area contributed by atoms with Crippen molar-refractivity contribution in [3.05, 3.63) is 77.4 Å². The second-order valence-electron chi connectivity index (χ2n) is 9.41. The van der Waals surface area contributed by atoms with Crippen molar-refractivity contribution in [1.29, 1.82) is 0 Å². The summed E-state index contributed by atoms with van der Waals surface area (Å²) in [6.45, 7) is 11.7. The first-order valence-electron chi connectivity index (χ1n) is 11.3. The van der Waals surface area contributed by atoms with Gasteiger partial charge in [0.2, 0.25) is 0 Å². The molecule has 4 heteroatoms. The summed E-state index contributed by atoms with van der Waals surface area (Å²) in [5.74, 6) is -0.467. The topological polar surface area (TPSA) is 58.6 Å². The van der Waals surface area contributed by atoms with Gasteiger partial charge in [-0.15, -0.1) is 0 Å². The molecule has 0 bridgehead atoms. The van der Waals surface area contributed by atoms with E-state index in [1.807, 2.05) is 96.1 Å². The minimum absolute atomic E-state index is 0.121. The van der Waals surface area contributed by atoms with Crippen LogP contribution in [0.5, 0.6) is 0 Å². The Balaban J connectivity index is 2.01. The summed E-state index contributed by atoms with van der Waals surface area (Å²) >= 11 is 0. The molecular weight excluding hydrogens is 398 g/mol. The van der Waals surface area contributed by atoms with Gasteiger partial charge in [0.1, 0.15) is 5.54 Å². The van der Waals surface area contributed by atoms with E-state index in [-0.39, 0.29) is 24.4 Å². The van der Waals surface area contributed by atoms with E-state index in [2.05, 4.69) is 11.4 Å². The third kappa shape index (κ3) is 5.31. The second-order valence-corrected chi connectivity index (χ2v) is 9.41. The van der Waals surface area contributed by atoms with E-state index in [0.29, 0.717) is 0 Å². The minimum Gasteiger partial charge on any atom is -0.461 e. The molecule has 0 saturated carbocycles. The van der Waals surface area contributed by atoms with Gasteiger partial charge in [-0.05, 0) is 79.3 Å². The van der Waals surface area contributed by atoms with Crippen molar-refractivity contribution in [2.45, 2.75) is 65.7 Å². The van der Waals surface area contributed by atoms with Crippen LogP contribution in [0.2, 0.25) is 0 Å². The number of hydrogen-bond acceptors (Lipinski definition) is 4. The number of aliphatic hydroxyl groups excluding tert-OH is 1. The Kier molecular flexibility index (Phi) is 7.25. The fourth-order valence-corrected chi connectivity index (χ4v) is 4.26. The maximum absolute atomic E-state index is 13.5. The molecule has 0 aromatic heterocycles. The van der Waals surface area contributed by atoms with Crippen LogP contribution < -0.4 is 5.32 Å². The van der Waals surface area contributed by atoms with Crippen molar-refractivity contribution < 1.29 is 14.6 Å². The highest BCUT2D eigenvalue weighted by Gasteiger charge is 2.45. The van der Waals surface area contributed by atoms with Crippen LogP contribution >= 0.6 is 0 Å². The average molecular weight is 434 g/mol. The predicted molar refractivity (Wildman–Crippen MR) is 132 cm³/mol. The summed E-state index contributed by atoms with van der Waals surface area (Å²) in [4.78, 5) is 13.5. The molecule has 3 aromatic carbocycles. The average Bonchev–Trinajstić information content (AvgIpc) is 2.71. The van der Waals surface area contributed by atoms with E-state index in [1.54, 1.807) is 0 Å². The fraction of sp³-hybridized carbons (Fsp3) is 0.393. The first-order valence-corrected chi connectivity index (χ1v) is 11.3. The third-order valence-corrected chi connectivity index (χ3v) is 5.96. The lowest BCUT2D eigenvalue weighted by Crippen LogP contribution is -2.53. The van der Waals surface area contributed by atoms with Crippen LogP contribution in [-0.2, 0) is 9.53 Å².